The highest BCUT2D eigenvalue weighted by atomic mass is 16.5. The minimum Gasteiger partial charge on any atom is -0.458 e. The number of rotatable bonds is 4. The SMILES string of the molecule is CC.CCC(=O)OCC(=O)C1CCC2C3CCC4=CC(=O)CCC4(C)C3CCC12C. The molecule has 0 heterocycles. The molecule has 0 saturated heterocycles. The van der Waals surface area contributed by atoms with Gasteiger partial charge in [-0.3, -0.25) is 14.4 Å². The first-order chi connectivity index (χ1) is 14.3. The van der Waals surface area contributed by atoms with E-state index in [-0.39, 0.29) is 35.1 Å². The minimum atomic E-state index is -0.289. The summed E-state index contributed by atoms with van der Waals surface area (Å²) in [5.41, 5.74) is 1.61. The van der Waals surface area contributed by atoms with Crippen molar-refractivity contribution >= 4 is 17.5 Å². The van der Waals surface area contributed by atoms with Gasteiger partial charge in [-0.05, 0) is 79.6 Å². The molecule has 4 aliphatic rings. The molecule has 0 aromatic rings. The summed E-state index contributed by atoms with van der Waals surface area (Å²) in [7, 11) is 0. The lowest BCUT2D eigenvalue weighted by Gasteiger charge is -2.58. The van der Waals surface area contributed by atoms with E-state index in [9.17, 15) is 14.4 Å². The predicted molar refractivity (Wildman–Crippen MR) is 118 cm³/mol. The van der Waals surface area contributed by atoms with E-state index < -0.39 is 0 Å². The fourth-order valence-electron chi connectivity index (χ4n) is 7.44. The molecule has 4 heteroatoms. The average Bonchev–Trinajstić information content (AvgIpc) is 3.11. The van der Waals surface area contributed by atoms with Crippen molar-refractivity contribution in [2.24, 2.45) is 34.5 Å². The van der Waals surface area contributed by atoms with Crippen LogP contribution in [0.15, 0.2) is 11.6 Å². The van der Waals surface area contributed by atoms with E-state index in [1.54, 1.807) is 6.92 Å². The maximum atomic E-state index is 12.9. The van der Waals surface area contributed by atoms with Crippen molar-refractivity contribution in [3.05, 3.63) is 11.6 Å². The van der Waals surface area contributed by atoms with Crippen LogP contribution in [0.1, 0.15) is 92.4 Å². The van der Waals surface area contributed by atoms with Crippen LogP contribution in [0, 0.1) is 34.5 Å². The second-order valence-corrected chi connectivity index (χ2v) is 10.1. The van der Waals surface area contributed by atoms with E-state index >= 15 is 0 Å². The van der Waals surface area contributed by atoms with Crippen LogP contribution in [-0.2, 0) is 19.1 Å². The van der Waals surface area contributed by atoms with Crippen LogP contribution >= 0.6 is 0 Å². The summed E-state index contributed by atoms with van der Waals surface area (Å²) >= 11 is 0. The molecule has 168 valence electrons. The monoisotopic (exact) mass is 416 g/mol. The van der Waals surface area contributed by atoms with Gasteiger partial charge in [-0.2, -0.15) is 0 Å². The van der Waals surface area contributed by atoms with Gasteiger partial charge >= 0.3 is 5.97 Å². The zero-order chi connectivity index (χ0) is 22.1. The quantitative estimate of drug-likeness (QED) is 0.553. The van der Waals surface area contributed by atoms with Gasteiger partial charge in [-0.1, -0.05) is 40.2 Å². The fourth-order valence-corrected chi connectivity index (χ4v) is 7.44. The Kier molecular flexibility index (Phi) is 6.94. The summed E-state index contributed by atoms with van der Waals surface area (Å²) in [6.07, 6.45) is 10.4. The van der Waals surface area contributed by atoms with Crippen molar-refractivity contribution < 1.29 is 19.1 Å². The van der Waals surface area contributed by atoms with Crippen LogP contribution in [0.3, 0.4) is 0 Å². The maximum absolute atomic E-state index is 12.9. The summed E-state index contributed by atoms with van der Waals surface area (Å²) in [5.74, 6) is 2.05. The molecule has 0 bridgehead atoms. The molecule has 3 saturated carbocycles. The number of hydrogen-bond acceptors (Lipinski definition) is 4. The molecular weight excluding hydrogens is 376 g/mol. The normalized spacial score (nSPS) is 39.5. The van der Waals surface area contributed by atoms with E-state index in [1.165, 1.54) is 5.57 Å². The Balaban J connectivity index is 0.00000124. The zero-order valence-electron chi connectivity index (χ0n) is 19.6. The van der Waals surface area contributed by atoms with Crippen LogP contribution in [0.5, 0.6) is 0 Å². The van der Waals surface area contributed by atoms with Crippen LogP contribution in [0.2, 0.25) is 0 Å². The average molecular weight is 417 g/mol. The topological polar surface area (TPSA) is 60.4 Å². The van der Waals surface area contributed by atoms with E-state index in [0.717, 1.165) is 44.9 Å². The Morgan fingerprint density at radius 1 is 1.03 bits per heavy atom. The summed E-state index contributed by atoms with van der Waals surface area (Å²) < 4.78 is 5.17. The first kappa shape index (κ1) is 23.2. The Bertz CT molecular complexity index is 723. The molecule has 4 rings (SSSR count). The van der Waals surface area contributed by atoms with Crippen molar-refractivity contribution in [1.82, 2.24) is 0 Å². The maximum Gasteiger partial charge on any atom is 0.305 e. The molecular formula is C26H40O4. The van der Waals surface area contributed by atoms with Crippen molar-refractivity contribution in [2.75, 3.05) is 6.61 Å². The number of carbonyl (C=O) groups excluding carboxylic acids is 3. The van der Waals surface area contributed by atoms with Crippen molar-refractivity contribution in [1.29, 1.82) is 0 Å². The number of hydrogen-bond donors (Lipinski definition) is 0. The van der Waals surface area contributed by atoms with E-state index in [4.69, 9.17) is 4.74 Å². The minimum absolute atomic E-state index is 0.0285. The van der Waals surface area contributed by atoms with Crippen molar-refractivity contribution in [3.63, 3.8) is 0 Å². The Morgan fingerprint density at radius 2 is 1.77 bits per heavy atom. The van der Waals surface area contributed by atoms with E-state index in [0.29, 0.717) is 36.4 Å². The van der Waals surface area contributed by atoms with Gasteiger partial charge < -0.3 is 4.74 Å². The van der Waals surface area contributed by atoms with Crippen LogP contribution in [0.25, 0.3) is 0 Å². The number of Topliss-reactive ketones (excluding diaryl/α,β-unsaturated/α-hetero) is 1. The molecule has 6 unspecified atom stereocenters. The van der Waals surface area contributed by atoms with Crippen LogP contribution in [0.4, 0.5) is 0 Å². The Morgan fingerprint density at radius 3 is 2.47 bits per heavy atom. The smallest absolute Gasteiger partial charge is 0.305 e. The number of carbonyl (C=O) groups is 3. The highest BCUT2D eigenvalue weighted by Crippen LogP contribution is 2.66. The number of ether oxygens (including phenoxy) is 1. The van der Waals surface area contributed by atoms with Gasteiger partial charge in [0.2, 0.25) is 0 Å². The molecule has 0 aliphatic heterocycles. The van der Waals surface area contributed by atoms with Gasteiger partial charge in [-0.15, -0.1) is 0 Å². The van der Waals surface area contributed by atoms with Crippen molar-refractivity contribution in [2.45, 2.75) is 92.4 Å². The number of allylic oxidation sites excluding steroid dienone is 1. The van der Waals surface area contributed by atoms with Crippen molar-refractivity contribution in [3.8, 4) is 0 Å². The summed E-state index contributed by atoms with van der Waals surface area (Å²) in [6, 6.07) is 0. The second kappa shape index (κ2) is 8.96. The van der Waals surface area contributed by atoms with Crippen LogP contribution in [-0.4, -0.2) is 24.1 Å². The van der Waals surface area contributed by atoms with E-state index in [1.807, 2.05) is 19.9 Å². The summed E-state index contributed by atoms with van der Waals surface area (Å²) in [4.78, 5) is 36.3. The summed E-state index contributed by atoms with van der Waals surface area (Å²) in [6.45, 7) is 10.4. The lowest BCUT2D eigenvalue weighted by Crippen LogP contribution is -2.51. The Labute approximate surface area is 182 Å². The molecule has 0 aromatic carbocycles. The largest absolute Gasteiger partial charge is 0.458 e. The third-order valence-corrected chi connectivity index (χ3v) is 9.01. The van der Waals surface area contributed by atoms with Gasteiger partial charge in [0.15, 0.2) is 11.6 Å². The van der Waals surface area contributed by atoms with Gasteiger partial charge in [-0.25, -0.2) is 0 Å². The molecule has 0 amide bonds. The molecule has 30 heavy (non-hydrogen) atoms. The standard InChI is InChI=1S/C24H34O4.C2H6/c1-4-22(27)28-14-21(26)20-8-7-18-17-6-5-15-13-16(25)9-11-23(15,2)19(17)10-12-24(18,20)3;1-2/h13,17-20H,4-12,14H2,1-3H3;1-2H3. The molecule has 3 fully saturated rings. The number of fused-ring (bicyclic) bond motifs is 5. The van der Waals surface area contributed by atoms with Crippen LogP contribution < -0.4 is 0 Å². The van der Waals surface area contributed by atoms with Gasteiger partial charge in [0.25, 0.3) is 0 Å². The first-order valence-corrected chi connectivity index (χ1v) is 12.2. The van der Waals surface area contributed by atoms with Gasteiger partial charge in [0.05, 0.1) is 0 Å². The molecule has 0 N–H and O–H groups in total. The number of esters is 1. The molecule has 6 atom stereocenters. The van der Waals surface area contributed by atoms with E-state index in [2.05, 4.69) is 13.8 Å². The highest BCUT2D eigenvalue weighted by Gasteiger charge is 2.60. The van der Waals surface area contributed by atoms with Gasteiger partial charge in [0.1, 0.15) is 6.61 Å². The lowest BCUT2D eigenvalue weighted by molar-refractivity contribution is -0.150. The highest BCUT2D eigenvalue weighted by molar-refractivity contribution is 5.91. The zero-order valence-corrected chi connectivity index (χ0v) is 19.6. The molecule has 0 aromatic heterocycles. The first-order valence-electron chi connectivity index (χ1n) is 12.2. The molecule has 0 radical (unpaired) electrons. The third-order valence-electron chi connectivity index (χ3n) is 9.01. The van der Waals surface area contributed by atoms with Gasteiger partial charge in [0, 0.05) is 18.8 Å². The Hall–Kier alpha value is -1.45. The third kappa shape index (κ3) is 3.80. The second-order valence-electron chi connectivity index (χ2n) is 10.1. The lowest BCUT2D eigenvalue weighted by atomic mass is 9.46. The molecule has 4 aliphatic carbocycles. The molecule has 4 nitrogen and oxygen atoms in total. The fraction of sp³-hybridized carbons (Fsp3) is 0.808. The summed E-state index contributed by atoms with van der Waals surface area (Å²) in [5, 5.41) is 0. The molecule has 0 spiro atoms. The predicted octanol–water partition coefficient (Wildman–Crippen LogP) is 5.68. The number of ketones is 2.